The van der Waals surface area contributed by atoms with Crippen molar-refractivity contribution in [1.29, 1.82) is 0 Å². The van der Waals surface area contributed by atoms with Crippen LogP contribution in [0.3, 0.4) is 0 Å². The zero-order valence-electron chi connectivity index (χ0n) is 8.25. The first-order chi connectivity index (χ1) is 6.22. The molecule has 0 aromatic heterocycles. The molecule has 0 spiro atoms. The van der Waals surface area contributed by atoms with Crippen molar-refractivity contribution in [2.75, 3.05) is 7.11 Å². The summed E-state index contributed by atoms with van der Waals surface area (Å²) in [5, 5.41) is 0. The molecule has 0 N–H and O–H groups in total. The van der Waals surface area contributed by atoms with Crippen molar-refractivity contribution in [1.82, 2.24) is 0 Å². The third kappa shape index (κ3) is 3.45. The Morgan fingerprint density at radius 2 is 2.46 bits per heavy atom. The molecule has 0 fully saturated rings. The van der Waals surface area contributed by atoms with Gasteiger partial charge in [0.25, 0.3) is 0 Å². The van der Waals surface area contributed by atoms with Crippen LogP contribution in [-0.4, -0.2) is 13.1 Å². The molecule has 0 heterocycles. The summed E-state index contributed by atoms with van der Waals surface area (Å²) < 4.78 is 4.57. The van der Waals surface area contributed by atoms with E-state index in [1.54, 1.807) is 0 Å². The van der Waals surface area contributed by atoms with Crippen molar-refractivity contribution < 1.29 is 9.53 Å². The number of ether oxygens (including phenoxy) is 1. The van der Waals surface area contributed by atoms with Crippen molar-refractivity contribution in [2.45, 2.75) is 26.2 Å². The van der Waals surface area contributed by atoms with Crippen LogP contribution in [0.1, 0.15) is 26.2 Å². The van der Waals surface area contributed by atoms with E-state index in [-0.39, 0.29) is 5.97 Å². The first-order valence-corrected chi connectivity index (χ1v) is 4.66. The Kier molecular flexibility index (Phi) is 3.74. The lowest BCUT2D eigenvalue weighted by Gasteiger charge is -2.10. The molecule has 0 amide bonds. The van der Waals surface area contributed by atoms with E-state index in [2.05, 4.69) is 29.9 Å². The van der Waals surface area contributed by atoms with Gasteiger partial charge in [-0.25, -0.2) is 0 Å². The van der Waals surface area contributed by atoms with Gasteiger partial charge in [-0.3, -0.25) is 4.79 Å². The molecule has 2 heteroatoms. The number of hydrogen-bond donors (Lipinski definition) is 0. The van der Waals surface area contributed by atoms with Crippen molar-refractivity contribution in [3.8, 4) is 0 Å². The molecule has 0 saturated carbocycles. The van der Waals surface area contributed by atoms with Gasteiger partial charge in [-0.2, -0.15) is 0 Å². The maximum Gasteiger partial charge on any atom is 0.305 e. The van der Waals surface area contributed by atoms with E-state index in [0.29, 0.717) is 12.3 Å². The first-order valence-electron chi connectivity index (χ1n) is 4.66. The Hall–Kier alpha value is -1.05. The molecular formula is C11H16O2. The zero-order valence-corrected chi connectivity index (χ0v) is 8.25. The van der Waals surface area contributed by atoms with Crippen LogP contribution >= 0.6 is 0 Å². The van der Waals surface area contributed by atoms with Crippen LogP contribution in [0.4, 0.5) is 0 Å². The summed E-state index contributed by atoms with van der Waals surface area (Å²) in [5.74, 6) is 0.509. The van der Waals surface area contributed by atoms with Gasteiger partial charge in [0.05, 0.1) is 7.11 Å². The fourth-order valence-electron chi connectivity index (χ4n) is 1.31. The SMILES string of the molecule is COC(=O)CCC1=CC[C@@H](C)C=C1. The van der Waals surface area contributed by atoms with Gasteiger partial charge in [0.2, 0.25) is 0 Å². The molecule has 0 unspecified atom stereocenters. The molecule has 1 rings (SSSR count). The first kappa shape index (κ1) is 10.0. The van der Waals surface area contributed by atoms with Gasteiger partial charge in [-0.05, 0) is 18.8 Å². The Labute approximate surface area is 79.3 Å². The molecular weight excluding hydrogens is 164 g/mol. The number of esters is 1. The molecule has 1 atom stereocenters. The second kappa shape index (κ2) is 4.85. The smallest absolute Gasteiger partial charge is 0.305 e. The third-order valence-electron chi connectivity index (χ3n) is 2.24. The summed E-state index contributed by atoms with van der Waals surface area (Å²) in [7, 11) is 1.43. The normalized spacial score (nSPS) is 21.1. The highest BCUT2D eigenvalue weighted by molar-refractivity contribution is 5.69. The number of rotatable bonds is 3. The summed E-state index contributed by atoms with van der Waals surface area (Å²) in [6, 6.07) is 0. The van der Waals surface area contributed by atoms with Crippen molar-refractivity contribution in [2.24, 2.45) is 5.92 Å². The highest BCUT2D eigenvalue weighted by Crippen LogP contribution is 2.18. The number of hydrogen-bond acceptors (Lipinski definition) is 2. The molecule has 0 radical (unpaired) electrons. The number of methoxy groups -OCH3 is 1. The Bertz CT molecular complexity index is 238. The van der Waals surface area contributed by atoms with Crippen LogP contribution in [0.5, 0.6) is 0 Å². The fraction of sp³-hybridized carbons (Fsp3) is 0.545. The van der Waals surface area contributed by atoms with Crippen molar-refractivity contribution in [3.05, 3.63) is 23.8 Å². The molecule has 13 heavy (non-hydrogen) atoms. The third-order valence-corrected chi connectivity index (χ3v) is 2.24. The standard InChI is InChI=1S/C11H16O2/c1-9-3-5-10(6-4-9)7-8-11(12)13-2/h3,5-6,9H,4,7-8H2,1-2H3/t9-/m0/s1. The van der Waals surface area contributed by atoms with Gasteiger partial charge in [0.15, 0.2) is 0 Å². The van der Waals surface area contributed by atoms with Crippen LogP contribution in [0.2, 0.25) is 0 Å². The zero-order chi connectivity index (χ0) is 9.68. The van der Waals surface area contributed by atoms with Gasteiger partial charge in [0.1, 0.15) is 0 Å². The summed E-state index contributed by atoms with van der Waals surface area (Å²) in [5.41, 5.74) is 1.25. The highest BCUT2D eigenvalue weighted by Gasteiger charge is 2.05. The predicted octanol–water partition coefficient (Wildman–Crippen LogP) is 2.46. The van der Waals surface area contributed by atoms with Gasteiger partial charge < -0.3 is 4.74 Å². The van der Waals surface area contributed by atoms with Gasteiger partial charge in [-0.1, -0.05) is 30.7 Å². The second-order valence-corrected chi connectivity index (χ2v) is 3.43. The summed E-state index contributed by atoms with van der Waals surface area (Å²) >= 11 is 0. The molecule has 1 aliphatic carbocycles. The highest BCUT2D eigenvalue weighted by atomic mass is 16.5. The maximum atomic E-state index is 10.8. The summed E-state index contributed by atoms with van der Waals surface area (Å²) in [6.07, 6.45) is 8.88. The molecule has 0 aromatic carbocycles. The average Bonchev–Trinajstić information content (AvgIpc) is 2.16. The van der Waals surface area contributed by atoms with E-state index in [9.17, 15) is 4.79 Å². The van der Waals surface area contributed by atoms with Crippen LogP contribution in [-0.2, 0) is 9.53 Å². The van der Waals surface area contributed by atoms with Gasteiger partial charge in [-0.15, -0.1) is 0 Å². The maximum absolute atomic E-state index is 10.8. The Morgan fingerprint density at radius 1 is 1.69 bits per heavy atom. The predicted molar refractivity (Wildman–Crippen MR) is 52.3 cm³/mol. The molecule has 0 bridgehead atoms. The minimum Gasteiger partial charge on any atom is -0.469 e. The van der Waals surface area contributed by atoms with E-state index in [1.165, 1.54) is 12.7 Å². The van der Waals surface area contributed by atoms with Crippen molar-refractivity contribution >= 4 is 5.97 Å². The second-order valence-electron chi connectivity index (χ2n) is 3.43. The van der Waals surface area contributed by atoms with Crippen molar-refractivity contribution in [3.63, 3.8) is 0 Å². The lowest BCUT2D eigenvalue weighted by molar-refractivity contribution is -0.140. The molecule has 2 nitrogen and oxygen atoms in total. The lowest BCUT2D eigenvalue weighted by Crippen LogP contribution is -2.01. The van der Waals surface area contributed by atoms with E-state index >= 15 is 0 Å². The minimum atomic E-state index is -0.132. The van der Waals surface area contributed by atoms with Gasteiger partial charge in [0, 0.05) is 6.42 Å². The fourth-order valence-corrected chi connectivity index (χ4v) is 1.31. The molecule has 1 aliphatic rings. The van der Waals surface area contributed by atoms with Crippen LogP contribution in [0, 0.1) is 5.92 Å². The van der Waals surface area contributed by atoms with Gasteiger partial charge >= 0.3 is 5.97 Å². The average molecular weight is 180 g/mol. The summed E-state index contributed by atoms with van der Waals surface area (Å²) in [6.45, 7) is 2.18. The van der Waals surface area contributed by atoms with E-state index < -0.39 is 0 Å². The topological polar surface area (TPSA) is 26.3 Å². The molecule has 72 valence electrons. The Balaban J connectivity index is 2.31. The lowest BCUT2D eigenvalue weighted by atomic mass is 9.96. The van der Waals surface area contributed by atoms with Crippen LogP contribution in [0.25, 0.3) is 0 Å². The molecule has 0 aliphatic heterocycles. The minimum absolute atomic E-state index is 0.132. The number of carbonyl (C=O) groups excluding carboxylic acids is 1. The molecule has 0 saturated heterocycles. The van der Waals surface area contributed by atoms with Crippen LogP contribution in [0.15, 0.2) is 23.8 Å². The quantitative estimate of drug-likeness (QED) is 0.624. The van der Waals surface area contributed by atoms with E-state index in [0.717, 1.165) is 12.8 Å². The molecule has 0 aromatic rings. The van der Waals surface area contributed by atoms with E-state index in [1.807, 2.05) is 0 Å². The van der Waals surface area contributed by atoms with Crippen LogP contribution < -0.4 is 0 Å². The number of allylic oxidation sites excluding steroid dienone is 4. The van der Waals surface area contributed by atoms with E-state index in [4.69, 9.17) is 0 Å². The summed E-state index contributed by atoms with van der Waals surface area (Å²) in [4.78, 5) is 10.8. The number of carbonyl (C=O) groups is 1. The largest absolute Gasteiger partial charge is 0.469 e. The Morgan fingerprint density at radius 3 is 3.00 bits per heavy atom. The monoisotopic (exact) mass is 180 g/mol.